The fourth-order valence-corrected chi connectivity index (χ4v) is 4.54. The van der Waals surface area contributed by atoms with Crippen molar-refractivity contribution in [1.29, 1.82) is 0 Å². The highest BCUT2D eigenvalue weighted by Gasteiger charge is 2.49. The number of piperidine rings is 1. The molecule has 3 amide bonds. The number of urea groups is 1. The predicted molar refractivity (Wildman–Crippen MR) is 108 cm³/mol. The molecule has 0 spiro atoms. The van der Waals surface area contributed by atoms with E-state index in [2.05, 4.69) is 56.2 Å². The Morgan fingerprint density at radius 3 is 2.57 bits per heavy atom. The van der Waals surface area contributed by atoms with Gasteiger partial charge in [-0.2, -0.15) is 0 Å². The van der Waals surface area contributed by atoms with Gasteiger partial charge in [-0.1, -0.05) is 30.3 Å². The van der Waals surface area contributed by atoms with Gasteiger partial charge >= 0.3 is 6.03 Å². The molecule has 1 saturated carbocycles. The van der Waals surface area contributed by atoms with Crippen molar-refractivity contribution < 1.29 is 9.59 Å². The van der Waals surface area contributed by atoms with Crippen molar-refractivity contribution in [3.05, 3.63) is 35.9 Å². The first-order valence-electron chi connectivity index (χ1n) is 10.2. The van der Waals surface area contributed by atoms with Crippen LogP contribution in [0.4, 0.5) is 4.79 Å². The monoisotopic (exact) mass is 383 g/mol. The van der Waals surface area contributed by atoms with Crippen molar-refractivity contribution in [2.24, 2.45) is 16.8 Å². The van der Waals surface area contributed by atoms with Gasteiger partial charge < -0.3 is 15.5 Å². The highest BCUT2D eigenvalue weighted by Crippen LogP contribution is 2.35. The normalized spacial score (nSPS) is 30.8. The average Bonchev–Trinajstić information content (AvgIpc) is 3.37. The molecule has 2 heterocycles. The van der Waals surface area contributed by atoms with Crippen LogP contribution in [-0.2, 0) is 11.2 Å². The molecule has 0 bridgehead atoms. The van der Waals surface area contributed by atoms with Crippen LogP contribution in [0.25, 0.3) is 0 Å². The number of imide groups is 1. The molecule has 28 heavy (non-hydrogen) atoms. The van der Waals surface area contributed by atoms with Crippen LogP contribution < -0.4 is 16.0 Å². The summed E-state index contributed by atoms with van der Waals surface area (Å²) in [5, 5.41) is 8.80. The SMILES string of the molecule is CN=C(NC1CC1Cc1ccccc1)N1CCC(C2(C)NC(=O)NC2=O)CC1. The first-order valence-corrected chi connectivity index (χ1v) is 10.2. The number of carbonyl (C=O) groups is 2. The molecule has 0 aromatic heterocycles. The highest BCUT2D eigenvalue weighted by molar-refractivity contribution is 6.07. The van der Waals surface area contributed by atoms with Crippen LogP contribution in [0, 0.1) is 11.8 Å². The molecule has 2 aliphatic heterocycles. The number of nitrogens with one attached hydrogen (secondary N) is 3. The predicted octanol–water partition coefficient (Wildman–Crippen LogP) is 1.50. The lowest BCUT2D eigenvalue weighted by molar-refractivity contribution is -0.125. The lowest BCUT2D eigenvalue weighted by Crippen LogP contribution is -2.55. The third-order valence-electron chi connectivity index (χ3n) is 6.47. The van der Waals surface area contributed by atoms with E-state index in [-0.39, 0.29) is 17.9 Å². The topological polar surface area (TPSA) is 85.8 Å². The zero-order valence-corrected chi connectivity index (χ0v) is 16.6. The van der Waals surface area contributed by atoms with Crippen LogP contribution in [0.15, 0.2) is 35.3 Å². The molecule has 1 aromatic carbocycles. The maximum atomic E-state index is 12.2. The van der Waals surface area contributed by atoms with Gasteiger partial charge in [-0.15, -0.1) is 0 Å². The Morgan fingerprint density at radius 2 is 1.96 bits per heavy atom. The third kappa shape index (κ3) is 3.70. The Balaban J connectivity index is 1.28. The highest BCUT2D eigenvalue weighted by atomic mass is 16.2. The molecule has 150 valence electrons. The van der Waals surface area contributed by atoms with E-state index in [0.29, 0.717) is 12.0 Å². The van der Waals surface area contributed by atoms with Crippen molar-refractivity contribution in [2.45, 2.75) is 44.2 Å². The quantitative estimate of drug-likeness (QED) is 0.418. The molecule has 3 atom stereocenters. The van der Waals surface area contributed by atoms with Crippen LogP contribution >= 0.6 is 0 Å². The molecule has 7 heteroatoms. The zero-order chi connectivity index (χ0) is 19.7. The maximum Gasteiger partial charge on any atom is 0.322 e. The summed E-state index contributed by atoms with van der Waals surface area (Å²) in [6, 6.07) is 10.7. The molecule has 1 aromatic rings. The van der Waals surface area contributed by atoms with E-state index in [1.165, 1.54) is 12.0 Å². The second-order valence-corrected chi connectivity index (χ2v) is 8.36. The van der Waals surface area contributed by atoms with Crippen LogP contribution in [0.5, 0.6) is 0 Å². The van der Waals surface area contributed by atoms with Gasteiger partial charge in [0, 0.05) is 26.2 Å². The second kappa shape index (κ2) is 7.45. The summed E-state index contributed by atoms with van der Waals surface area (Å²) in [5.74, 6) is 1.54. The number of amides is 3. The van der Waals surface area contributed by atoms with Crippen LogP contribution in [0.2, 0.25) is 0 Å². The average molecular weight is 383 g/mol. The molecule has 1 aliphatic carbocycles. The molecule has 3 unspecified atom stereocenters. The summed E-state index contributed by atoms with van der Waals surface area (Å²) in [6.07, 6.45) is 3.98. The van der Waals surface area contributed by atoms with Crippen LogP contribution in [0.3, 0.4) is 0 Å². The van der Waals surface area contributed by atoms with Gasteiger partial charge in [0.25, 0.3) is 5.91 Å². The van der Waals surface area contributed by atoms with Gasteiger partial charge in [-0.25, -0.2) is 4.79 Å². The molecule has 4 rings (SSSR count). The van der Waals surface area contributed by atoms with E-state index in [1.807, 2.05) is 14.0 Å². The van der Waals surface area contributed by atoms with E-state index in [9.17, 15) is 9.59 Å². The fraction of sp³-hybridized carbons (Fsp3) is 0.571. The largest absolute Gasteiger partial charge is 0.353 e. The summed E-state index contributed by atoms with van der Waals surface area (Å²) in [6.45, 7) is 3.50. The molecule has 7 nitrogen and oxygen atoms in total. The summed E-state index contributed by atoms with van der Waals surface area (Å²) < 4.78 is 0. The second-order valence-electron chi connectivity index (χ2n) is 8.36. The van der Waals surface area contributed by atoms with Gasteiger partial charge in [0.2, 0.25) is 0 Å². The number of carbonyl (C=O) groups excluding carboxylic acids is 2. The van der Waals surface area contributed by atoms with Crippen molar-refractivity contribution in [3.8, 4) is 0 Å². The standard InChI is InChI=1S/C21H29N5O2/c1-21(18(27)24-20(28)25-21)16-8-10-26(11-9-16)19(22-2)23-17-13-15(17)12-14-6-4-3-5-7-14/h3-7,15-17H,8-13H2,1-2H3,(H,22,23)(H2,24,25,27,28). The van der Waals surface area contributed by atoms with E-state index in [1.54, 1.807) is 0 Å². The Kier molecular flexibility index (Phi) is 5.00. The number of guanidine groups is 1. The molecule has 2 saturated heterocycles. The maximum absolute atomic E-state index is 12.2. The first-order chi connectivity index (χ1) is 13.5. The molecule has 3 fully saturated rings. The van der Waals surface area contributed by atoms with E-state index in [4.69, 9.17) is 0 Å². The summed E-state index contributed by atoms with van der Waals surface area (Å²) in [4.78, 5) is 30.5. The number of aliphatic imine (C=N–C) groups is 1. The van der Waals surface area contributed by atoms with Gasteiger partial charge in [0.15, 0.2) is 5.96 Å². The Hall–Kier alpha value is -2.57. The minimum atomic E-state index is -0.794. The summed E-state index contributed by atoms with van der Waals surface area (Å²) in [5.41, 5.74) is 0.593. The van der Waals surface area contributed by atoms with Crippen LogP contribution in [0.1, 0.15) is 31.7 Å². The Labute approximate surface area is 166 Å². The molecule has 3 aliphatic rings. The van der Waals surface area contributed by atoms with E-state index in [0.717, 1.165) is 38.3 Å². The molecular weight excluding hydrogens is 354 g/mol. The minimum absolute atomic E-state index is 0.139. The zero-order valence-electron chi connectivity index (χ0n) is 16.6. The minimum Gasteiger partial charge on any atom is -0.353 e. The number of rotatable bonds is 4. The first kappa shape index (κ1) is 18.8. The number of hydrogen-bond acceptors (Lipinski definition) is 3. The van der Waals surface area contributed by atoms with Gasteiger partial charge in [0.1, 0.15) is 5.54 Å². The number of hydrogen-bond donors (Lipinski definition) is 3. The van der Waals surface area contributed by atoms with Crippen molar-refractivity contribution in [2.75, 3.05) is 20.1 Å². The lowest BCUT2D eigenvalue weighted by atomic mass is 9.79. The van der Waals surface area contributed by atoms with Crippen molar-refractivity contribution in [1.82, 2.24) is 20.9 Å². The van der Waals surface area contributed by atoms with Gasteiger partial charge in [0.05, 0.1) is 0 Å². The van der Waals surface area contributed by atoms with E-state index >= 15 is 0 Å². The lowest BCUT2D eigenvalue weighted by Gasteiger charge is -2.39. The van der Waals surface area contributed by atoms with Gasteiger partial charge in [-0.3, -0.25) is 15.1 Å². The Morgan fingerprint density at radius 1 is 1.25 bits per heavy atom. The fourth-order valence-electron chi connectivity index (χ4n) is 4.54. The van der Waals surface area contributed by atoms with Crippen LogP contribution in [-0.4, -0.2) is 54.5 Å². The Bertz CT molecular complexity index is 772. The van der Waals surface area contributed by atoms with Gasteiger partial charge in [-0.05, 0) is 50.0 Å². The number of nitrogens with zero attached hydrogens (tertiary/aromatic N) is 2. The van der Waals surface area contributed by atoms with Crippen molar-refractivity contribution in [3.63, 3.8) is 0 Å². The number of benzene rings is 1. The summed E-state index contributed by atoms with van der Waals surface area (Å²) >= 11 is 0. The third-order valence-corrected chi connectivity index (χ3v) is 6.47. The summed E-state index contributed by atoms with van der Waals surface area (Å²) in [7, 11) is 1.83. The van der Waals surface area contributed by atoms with Crippen molar-refractivity contribution >= 4 is 17.9 Å². The molecular formula is C21H29N5O2. The smallest absolute Gasteiger partial charge is 0.322 e. The molecule has 3 N–H and O–H groups in total. The number of likely N-dealkylation sites (tertiary alicyclic amines) is 1. The molecule has 0 radical (unpaired) electrons. The van der Waals surface area contributed by atoms with E-state index < -0.39 is 5.54 Å².